The summed E-state index contributed by atoms with van der Waals surface area (Å²) in [6.07, 6.45) is 3.04. The molecule has 1 aliphatic heterocycles. The van der Waals surface area contributed by atoms with Crippen molar-refractivity contribution < 1.29 is 9.53 Å². The molecule has 0 aromatic heterocycles. The summed E-state index contributed by atoms with van der Waals surface area (Å²) < 4.78 is 6.22. The average Bonchev–Trinajstić information content (AvgIpc) is 2.31. The van der Waals surface area contributed by atoms with Crippen molar-refractivity contribution in [1.29, 1.82) is 0 Å². The minimum atomic E-state index is -1.26. The Labute approximate surface area is 134 Å². The van der Waals surface area contributed by atoms with Gasteiger partial charge in [-0.05, 0) is 39.2 Å². The van der Waals surface area contributed by atoms with Gasteiger partial charge in [0.25, 0.3) is 0 Å². The van der Waals surface area contributed by atoms with Crippen molar-refractivity contribution in [2.45, 2.75) is 96.5 Å². The molecule has 1 fully saturated rings. The quantitative estimate of drug-likeness (QED) is 0.489. The van der Waals surface area contributed by atoms with Crippen LogP contribution in [0.2, 0.25) is 50.9 Å². The van der Waals surface area contributed by atoms with Crippen LogP contribution in [0.4, 0.5) is 0 Å². The molecule has 1 aliphatic rings. The molecule has 1 rings (SSSR count). The molecular formula is C17H36O2Si2. The molecule has 1 saturated heterocycles. The Morgan fingerprint density at radius 1 is 1.19 bits per heavy atom. The maximum absolute atomic E-state index is 12.6. The van der Waals surface area contributed by atoms with Gasteiger partial charge in [-0.25, -0.2) is 0 Å². The molecular weight excluding hydrogens is 292 g/mol. The highest BCUT2D eigenvalue weighted by molar-refractivity contribution is 6.78. The lowest BCUT2D eigenvalue weighted by Crippen LogP contribution is -2.49. The number of hydrogen-bond acceptors (Lipinski definition) is 2. The van der Waals surface area contributed by atoms with E-state index in [4.69, 9.17) is 4.74 Å². The molecule has 0 atom stereocenters. The third-order valence-corrected chi connectivity index (χ3v) is 10.0. The highest BCUT2D eigenvalue weighted by Gasteiger charge is 2.46. The Morgan fingerprint density at radius 2 is 1.67 bits per heavy atom. The van der Waals surface area contributed by atoms with Crippen molar-refractivity contribution in [2.24, 2.45) is 5.41 Å². The molecule has 1 heterocycles. The van der Waals surface area contributed by atoms with E-state index in [9.17, 15) is 4.79 Å². The standard InChI is InChI=1S/C17H36O2Si2/c1-9-16(2,3)15(18)19-17(14-20(4,5)6)10-12-21(7,8)13-11-17/h9-14H2,1-8H3. The molecule has 2 nitrogen and oxygen atoms in total. The number of hydrogen-bond donors (Lipinski definition) is 0. The predicted molar refractivity (Wildman–Crippen MR) is 97.4 cm³/mol. The fourth-order valence-electron chi connectivity index (χ4n) is 3.14. The van der Waals surface area contributed by atoms with Crippen LogP contribution in [-0.2, 0) is 9.53 Å². The second-order valence-corrected chi connectivity index (χ2v) is 20.5. The number of carbonyl (C=O) groups excluding carboxylic acids is 1. The molecule has 0 aliphatic carbocycles. The zero-order chi connectivity index (χ0) is 16.5. The van der Waals surface area contributed by atoms with Gasteiger partial charge >= 0.3 is 5.97 Å². The smallest absolute Gasteiger partial charge is 0.312 e. The fourth-order valence-corrected chi connectivity index (χ4v) is 8.02. The topological polar surface area (TPSA) is 26.3 Å². The van der Waals surface area contributed by atoms with E-state index in [0.29, 0.717) is 0 Å². The average molecular weight is 329 g/mol. The van der Waals surface area contributed by atoms with Gasteiger partial charge in [-0.1, -0.05) is 51.7 Å². The zero-order valence-electron chi connectivity index (χ0n) is 15.6. The first-order valence-corrected chi connectivity index (χ1v) is 15.7. The van der Waals surface area contributed by atoms with Crippen LogP contribution < -0.4 is 0 Å². The minimum absolute atomic E-state index is 0.0182. The van der Waals surface area contributed by atoms with Crippen molar-refractivity contribution in [3.63, 3.8) is 0 Å². The summed E-state index contributed by atoms with van der Waals surface area (Å²) in [5, 5.41) is 0. The van der Waals surface area contributed by atoms with Crippen molar-refractivity contribution >= 4 is 22.1 Å². The lowest BCUT2D eigenvalue weighted by Gasteiger charge is -2.45. The molecule has 124 valence electrons. The number of esters is 1. The summed E-state index contributed by atoms with van der Waals surface area (Å²) >= 11 is 0. The van der Waals surface area contributed by atoms with Crippen molar-refractivity contribution in [3.8, 4) is 0 Å². The van der Waals surface area contributed by atoms with E-state index >= 15 is 0 Å². The van der Waals surface area contributed by atoms with Gasteiger partial charge in [0.05, 0.1) is 5.41 Å². The summed E-state index contributed by atoms with van der Waals surface area (Å²) in [5.74, 6) is 0.0182. The van der Waals surface area contributed by atoms with E-state index in [2.05, 4.69) is 39.7 Å². The molecule has 0 aromatic carbocycles. The van der Waals surface area contributed by atoms with E-state index in [1.165, 1.54) is 12.1 Å². The molecule has 0 bridgehead atoms. The van der Waals surface area contributed by atoms with Gasteiger partial charge in [0.2, 0.25) is 0 Å². The van der Waals surface area contributed by atoms with Crippen LogP contribution in [0.15, 0.2) is 0 Å². The molecule has 0 N–H and O–H groups in total. The van der Waals surface area contributed by atoms with Crippen LogP contribution in [0.25, 0.3) is 0 Å². The fraction of sp³-hybridized carbons (Fsp3) is 0.941. The molecule has 0 saturated carbocycles. The highest BCUT2D eigenvalue weighted by atomic mass is 28.3. The normalized spacial score (nSPS) is 21.9. The Bertz CT molecular complexity index is 371. The Hall–Kier alpha value is -0.0962. The SMILES string of the molecule is CCC(C)(C)C(=O)OC1(C[Si](C)(C)C)CC[Si](C)(C)CC1. The maximum Gasteiger partial charge on any atom is 0.312 e. The van der Waals surface area contributed by atoms with Gasteiger partial charge in [-0.3, -0.25) is 4.79 Å². The van der Waals surface area contributed by atoms with Crippen LogP contribution in [-0.4, -0.2) is 27.7 Å². The largest absolute Gasteiger partial charge is 0.459 e. The molecule has 4 heteroatoms. The Balaban J connectivity index is 2.92. The summed E-state index contributed by atoms with van der Waals surface area (Å²) in [4.78, 5) is 12.6. The number of carbonyl (C=O) groups is 1. The first-order valence-electron chi connectivity index (χ1n) is 8.54. The van der Waals surface area contributed by atoms with E-state index in [1.807, 2.05) is 13.8 Å². The van der Waals surface area contributed by atoms with Crippen LogP contribution in [0, 0.1) is 5.41 Å². The summed E-state index contributed by atoms with van der Waals surface area (Å²) in [7, 11) is -2.30. The monoisotopic (exact) mass is 328 g/mol. The summed E-state index contributed by atoms with van der Waals surface area (Å²) in [5.41, 5.74) is -0.507. The van der Waals surface area contributed by atoms with Crippen LogP contribution in [0.1, 0.15) is 40.0 Å². The van der Waals surface area contributed by atoms with Gasteiger partial charge in [0.1, 0.15) is 5.60 Å². The number of rotatable bonds is 5. The van der Waals surface area contributed by atoms with E-state index < -0.39 is 16.1 Å². The summed E-state index contributed by atoms with van der Waals surface area (Å²) in [6, 6.07) is 3.73. The van der Waals surface area contributed by atoms with E-state index in [-0.39, 0.29) is 17.0 Å². The molecule has 0 radical (unpaired) electrons. The highest BCUT2D eigenvalue weighted by Crippen LogP contribution is 2.43. The van der Waals surface area contributed by atoms with Gasteiger partial charge in [-0.2, -0.15) is 0 Å². The number of ether oxygens (including phenoxy) is 1. The zero-order valence-corrected chi connectivity index (χ0v) is 17.6. The third-order valence-electron chi connectivity index (χ3n) is 5.11. The van der Waals surface area contributed by atoms with Crippen LogP contribution >= 0.6 is 0 Å². The van der Waals surface area contributed by atoms with Crippen molar-refractivity contribution in [1.82, 2.24) is 0 Å². The van der Waals surface area contributed by atoms with Crippen molar-refractivity contribution in [2.75, 3.05) is 0 Å². The van der Waals surface area contributed by atoms with Crippen molar-refractivity contribution in [3.05, 3.63) is 0 Å². The van der Waals surface area contributed by atoms with E-state index in [0.717, 1.165) is 25.3 Å². The maximum atomic E-state index is 12.6. The van der Waals surface area contributed by atoms with Gasteiger partial charge < -0.3 is 4.74 Å². The molecule has 21 heavy (non-hydrogen) atoms. The third kappa shape index (κ3) is 5.55. The lowest BCUT2D eigenvalue weighted by atomic mass is 9.89. The van der Waals surface area contributed by atoms with Gasteiger partial charge in [0.15, 0.2) is 0 Å². The first kappa shape index (κ1) is 19.0. The first-order chi connectivity index (χ1) is 9.31. The predicted octanol–water partition coefficient (Wildman–Crippen LogP) is 5.55. The van der Waals surface area contributed by atoms with Crippen LogP contribution in [0.3, 0.4) is 0 Å². The Kier molecular flexibility index (Phi) is 5.58. The molecule has 0 aromatic rings. The van der Waals surface area contributed by atoms with Gasteiger partial charge in [-0.15, -0.1) is 0 Å². The molecule has 0 spiro atoms. The minimum Gasteiger partial charge on any atom is -0.459 e. The van der Waals surface area contributed by atoms with Crippen LogP contribution in [0.5, 0.6) is 0 Å². The molecule has 0 unspecified atom stereocenters. The molecule has 0 amide bonds. The lowest BCUT2D eigenvalue weighted by molar-refractivity contribution is -0.170. The Morgan fingerprint density at radius 3 is 2.05 bits per heavy atom. The van der Waals surface area contributed by atoms with Gasteiger partial charge in [0, 0.05) is 16.1 Å². The van der Waals surface area contributed by atoms with E-state index in [1.54, 1.807) is 0 Å². The second kappa shape index (κ2) is 6.19. The second-order valence-electron chi connectivity index (χ2n) is 9.71. The summed E-state index contributed by atoms with van der Waals surface area (Å²) in [6.45, 7) is 18.2.